The van der Waals surface area contributed by atoms with Crippen molar-refractivity contribution in [3.8, 4) is 16.9 Å². The molecule has 0 spiro atoms. The summed E-state index contributed by atoms with van der Waals surface area (Å²) in [6.45, 7) is 0.888. The molecule has 1 saturated carbocycles. The highest BCUT2D eigenvalue weighted by atomic mass is 35.5. The van der Waals surface area contributed by atoms with Crippen LogP contribution < -0.4 is 10.1 Å². The number of methoxy groups -OCH3 is 1. The van der Waals surface area contributed by atoms with Crippen LogP contribution in [0.5, 0.6) is 5.75 Å². The Labute approximate surface area is 170 Å². The molecule has 1 amide bonds. The molecule has 5 nitrogen and oxygen atoms in total. The van der Waals surface area contributed by atoms with Crippen molar-refractivity contribution in [2.45, 2.75) is 37.8 Å². The molecule has 2 N–H and O–H groups in total. The van der Waals surface area contributed by atoms with Gasteiger partial charge in [0.05, 0.1) is 18.8 Å². The van der Waals surface area contributed by atoms with Crippen molar-refractivity contribution >= 4 is 17.5 Å². The van der Waals surface area contributed by atoms with Gasteiger partial charge in [-0.15, -0.1) is 0 Å². The minimum Gasteiger partial charge on any atom is -0.491 e. The number of nitrogens with one attached hydrogen (secondary N) is 1. The zero-order valence-electron chi connectivity index (χ0n) is 16.0. The minimum absolute atomic E-state index is 0.190. The van der Waals surface area contributed by atoms with Crippen molar-refractivity contribution in [1.29, 1.82) is 0 Å². The molecule has 2 atom stereocenters. The fourth-order valence-electron chi connectivity index (χ4n) is 3.42. The monoisotopic (exact) mass is 403 g/mol. The smallest absolute Gasteiger partial charge is 0.251 e. The van der Waals surface area contributed by atoms with Crippen LogP contribution in [-0.4, -0.2) is 43.5 Å². The van der Waals surface area contributed by atoms with Crippen molar-refractivity contribution < 1.29 is 19.4 Å². The second kappa shape index (κ2) is 9.92. The molecule has 0 aliphatic heterocycles. The third-order valence-electron chi connectivity index (χ3n) is 4.99. The van der Waals surface area contributed by atoms with E-state index in [-0.39, 0.29) is 11.9 Å². The van der Waals surface area contributed by atoms with Crippen LogP contribution in [0.3, 0.4) is 0 Å². The van der Waals surface area contributed by atoms with Gasteiger partial charge < -0.3 is 19.9 Å². The van der Waals surface area contributed by atoms with E-state index in [9.17, 15) is 9.90 Å². The number of halogens is 1. The Morgan fingerprint density at radius 3 is 2.61 bits per heavy atom. The van der Waals surface area contributed by atoms with Gasteiger partial charge in [-0.05, 0) is 48.7 Å². The van der Waals surface area contributed by atoms with E-state index in [1.54, 1.807) is 31.4 Å². The lowest BCUT2D eigenvalue weighted by Crippen LogP contribution is -2.45. The molecule has 0 radical (unpaired) electrons. The third kappa shape index (κ3) is 5.25. The van der Waals surface area contributed by atoms with Gasteiger partial charge in [0.1, 0.15) is 12.4 Å². The van der Waals surface area contributed by atoms with Crippen LogP contribution in [0.2, 0.25) is 5.02 Å². The first-order valence-electron chi connectivity index (χ1n) is 9.59. The number of aliphatic hydroxyl groups is 1. The zero-order chi connectivity index (χ0) is 19.9. The summed E-state index contributed by atoms with van der Waals surface area (Å²) >= 11 is 6.01. The van der Waals surface area contributed by atoms with Crippen molar-refractivity contribution in [2.75, 3.05) is 20.3 Å². The number of ether oxygens (including phenoxy) is 2. The molecule has 1 aliphatic rings. The van der Waals surface area contributed by atoms with Crippen molar-refractivity contribution in [2.24, 2.45) is 0 Å². The molecule has 150 valence electrons. The van der Waals surface area contributed by atoms with Gasteiger partial charge in [0.15, 0.2) is 0 Å². The molecule has 2 aromatic rings. The summed E-state index contributed by atoms with van der Waals surface area (Å²) in [5, 5.41) is 13.7. The SMILES string of the molecule is COCCOc1ccc(C(=O)N[C@@H]2CCCC[C@H]2O)cc1-c1ccc(Cl)cc1. The predicted octanol–water partition coefficient (Wildman–Crippen LogP) is 4.07. The van der Waals surface area contributed by atoms with Gasteiger partial charge in [-0.3, -0.25) is 4.79 Å². The summed E-state index contributed by atoms with van der Waals surface area (Å²) in [6, 6.07) is 12.6. The highest BCUT2D eigenvalue weighted by Gasteiger charge is 2.25. The highest BCUT2D eigenvalue weighted by Crippen LogP contribution is 2.32. The number of benzene rings is 2. The van der Waals surface area contributed by atoms with Crippen LogP contribution in [0.25, 0.3) is 11.1 Å². The largest absolute Gasteiger partial charge is 0.491 e. The van der Waals surface area contributed by atoms with E-state index in [0.717, 1.165) is 36.8 Å². The fraction of sp³-hybridized carbons (Fsp3) is 0.409. The Balaban J connectivity index is 1.84. The highest BCUT2D eigenvalue weighted by molar-refractivity contribution is 6.30. The van der Waals surface area contributed by atoms with Gasteiger partial charge in [-0.25, -0.2) is 0 Å². The first-order valence-corrected chi connectivity index (χ1v) is 9.97. The second-order valence-electron chi connectivity index (χ2n) is 6.99. The van der Waals surface area contributed by atoms with Crippen LogP contribution in [0, 0.1) is 0 Å². The molecule has 2 aromatic carbocycles. The molecule has 6 heteroatoms. The summed E-state index contributed by atoms with van der Waals surface area (Å²) in [5.74, 6) is 0.484. The maximum absolute atomic E-state index is 12.8. The Hall–Kier alpha value is -2.08. The van der Waals surface area contributed by atoms with Gasteiger partial charge in [-0.2, -0.15) is 0 Å². The van der Waals surface area contributed by atoms with E-state index in [1.165, 1.54) is 0 Å². The Morgan fingerprint density at radius 2 is 1.89 bits per heavy atom. The number of hydrogen-bond acceptors (Lipinski definition) is 4. The van der Waals surface area contributed by atoms with Crippen molar-refractivity contribution in [3.63, 3.8) is 0 Å². The summed E-state index contributed by atoms with van der Waals surface area (Å²) < 4.78 is 10.9. The predicted molar refractivity (Wildman–Crippen MR) is 110 cm³/mol. The third-order valence-corrected chi connectivity index (χ3v) is 5.24. The van der Waals surface area contributed by atoms with Crippen molar-refractivity contribution in [1.82, 2.24) is 5.32 Å². The molecule has 28 heavy (non-hydrogen) atoms. The molecule has 1 fully saturated rings. The Bertz CT molecular complexity index is 794. The number of carbonyl (C=O) groups excluding carboxylic acids is 1. The Kier molecular flexibility index (Phi) is 7.31. The maximum atomic E-state index is 12.8. The summed E-state index contributed by atoms with van der Waals surface area (Å²) in [4.78, 5) is 12.8. The van der Waals surface area contributed by atoms with Crippen LogP contribution >= 0.6 is 11.6 Å². The van der Waals surface area contributed by atoms with E-state index in [2.05, 4.69) is 5.32 Å². The van der Waals surface area contributed by atoms with Gasteiger partial charge in [0.2, 0.25) is 0 Å². The number of aliphatic hydroxyl groups excluding tert-OH is 1. The van der Waals surface area contributed by atoms with E-state index in [1.807, 2.05) is 18.2 Å². The number of rotatable bonds is 7. The number of hydrogen-bond donors (Lipinski definition) is 2. The average molecular weight is 404 g/mol. The fourth-order valence-corrected chi connectivity index (χ4v) is 3.54. The van der Waals surface area contributed by atoms with Crippen LogP contribution in [-0.2, 0) is 4.74 Å². The van der Waals surface area contributed by atoms with Gasteiger partial charge >= 0.3 is 0 Å². The van der Waals surface area contributed by atoms with Crippen molar-refractivity contribution in [3.05, 3.63) is 53.1 Å². The van der Waals surface area contributed by atoms with Crippen LogP contribution in [0.4, 0.5) is 0 Å². The minimum atomic E-state index is -0.481. The Morgan fingerprint density at radius 1 is 1.14 bits per heavy atom. The quantitative estimate of drug-likeness (QED) is 0.684. The molecule has 0 saturated heterocycles. The lowest BCUT2D eigenvalue weighted by Gasteiger charge is -2.28. The van der Waals surface area contributed by atoms with E-state index < -0.39 is 6.10 Å². The lowest BCUT2D eigenvalue weighted by atomic mass is 9.92. The lowest BCUT2D eigenvalue weighted by molar-refractivity contribution is 0.0717. The first-order chi connectivity index (χ1) is 13.6. The molecule has 0 aromatic heterocycles. The molecule has 1 aliphatic carbocycles. The second-order valence-corrected chi connectivity index (χ2v) is 7.43. The van der Waals surface area contributed by atoms with Crippen LogP contribution in [0.15, 0.2) is 42.5 Å². The van der Waals surface area contributed by atoms with E-state index in [0.29, 0.717) is 29.5 Å². The zero-order valence-corrected chi connectivity index (χ0v) is 16.7. The maximum Gasteiger partial charge on any atom is 0.251 e. The van der Waals surface area contributed by atoms with Crippen LogP contribution in [0.1, 0.15) is 36.0 Å². The summed E-state index contributed by atoms with van der Waals surface area (Å²) in [5.41, 5.74) is 2.25. The van der Waals surface area contributed by atoms with Gasteiger partial charge in [-0.1, -0.05) is 36.6 Å². The van der Waals surface area contributed by atoms with E-state index >= 15 is 0 Å². The topological polar surface area (TPSA) is 67.8 Å². The molecular weight excluding hydrogens is 378 g/mol. The summed E-state index contributed by atoms with van der Waals surface area (Å²) in [7, 11) is 1.62. The number of carbonyl (C=O) groups is 1. The molecule has 3 rings (SSSR count). The average Bonchev–Trinajstić information content (AvgIpc) is 2.71. The summed E-state index contributed by atoms with van der Waals surface area (Å²) in [6.07, 6.45) is 3.07. The normalized spacial score (nSPS) is 19.2. The molecular formula is C22H26ClNO4. The molecule has 0 heterocycles. The molecule has 0 unspecified atom stereocenters. The van der Waals surface area contributed by atoms with Gasteiger partial charge in [0.25, 0.3) is 5.91 Å². The van der Waals surface area contributed by atoms with Gasteiger partial charge in [0, 0.05) is 23.3 Å². The standard InChI is InChI=1S/C22H26ClNO4/c1-27-12-13-28-21-11-8-16(14-18(21)15-6-9-17(23)10-7-15)22(26)24-19-4-2-3-5-20(19)25/h6-11,14,19-20,25H,2-5,12-13H2,1H3,(H,24,26)/t19-,20-/m1/s1. The first kappa shape index (κ1) is 20.6. The van der Waals surface area contributed by atoms with E-state index in [4.69, 9.17) is 21.1 Å². The molecule has 0 bridgehead atoms. The number of amides is 1.